The summed E-state index contributed by atoms with van der Waals surface area (Å²) in [6, 6.07) is 0. The molecule has 0 spiro atoms. The molecule has 1 heterocycles. The van der Waals surface area contributed by atoms with E-state index in [-0.39, 0.29) is 19.6 Å². The van der Waals surface area contributed by atoms with Crippen LogP contribution in [-0.2, 0) is 38.3 Å². The van der Waals surface area contributed by atoms with Gasteiger partial charge in [0, 0.05) is 13.0 Å². The number of hydrogen-bond acceptors (Lipinski definition) is 11. The summed E-state index contributed by atoms with van der Waals surface area (Å²) in [6.07, 6.45) is 52.9. The molecule has 0 saturated carbocycles. The summed E-state index contributed by atoms with van der Waals surface area (Å²) in [5.74, 6) is -0.398. The molecule has 1 rings (SSSR count). The monoisotopic (exact) mass is 1030 g/mol. The molecule has 13 heteroatoms. The number of allylic oxidation sites excluding steroid dienone is 8. The first-order valence-electron chi connectivity index (χ1n) is 28.9. The van der Waals surface area contributed by atoms with Crippen LogP contribution < -0.4 is 0 Å². The van der Waals surface area contributed by atoms with E-state index in [2.05, 4.69) is 66.6 Å². The van der Waals surface area contributed by atoms with E-state index in [9.17, 15) is 33.1 Å². The Morgan fingerprint density at radius 1 is 0.549 bits per heavy atom. The van der Waals surface area contributed by atoms with Gasteiger partial charge in [-0.3, -0.25) is 9.35 Å². The SMILES string of the molecule is CC/C=C\C/C=C\C/C=C\C/C=C\CCCCCCCCCCCCCCC(=O)OC(COCCCCCCCCCCCCCCCCCCCCC)COC1OC(CO)C(O)C(OS(=O)(=O)O)C1O. The Bertz CT molecular complexity index is 1420. The molecule has 12 nitrogen and oxygen atoms in total. The van der Waals surface area contributed by atoms with Gasteiger partial charge in [-0.25, -0.2) is 4.18 Å². The van der Waals surface area contributed by atoms with Crippen LogP contribution in [0.15, 0.2) is 48.6 Å². The first kappa shape index (κ1) is 67.1. The zero-order chi connectivity index (χ0) is 51.7. The van der Waals surface area contributed by atoms with E-state index in [1.54, 1.807) is 0 Å². The third-order valence-electron chi connectivity index (χ3n) is 13.2. The van der Waals surface area contributed by atoms with Gasteiger partial charge < -0.3 is 34.3 Å². The number of aliphatic hydroxyl groups excluding tert-OH is 3. The average molecular weight is 1030 g/mol. The van der Waals surface area contributed by atoms with Gasteiger partial charge in [0.05, 0.1) is 19.8 Å². The van der Waals surface area contributed by atoms with E-state index in [1.165, 1.54) is 161 Å². The summed E-state index contributed by atoms with van der Waals surface area (Å²) >= 11 is 0. The van der Waals surface area contributed by atoms with Gasteiger partial charge in [-0.05, 0) is 51.4 Å². The van der Waals surface area contributed by atoms with E-state index < -0.39 is 59.8 Å². The number of rotatable bonds is 51. The van der Waals surface area contributed by atoms with Crippen molar-refractivity contribution in [3.63, 3.8) is 0 Å². The molecule has 0 bridgehead atoms. The van der Waals surface area contributed by atoms with E-state index >= 15 is 0 Å². The standard InChI is InChI=1S/C58H106O12S/c1-3-5-7-9-11-13-15-17-19-21-23-24-25-26-27-28-29-31-33-35-37-39-41-43-45-47-54(60)68-52(51-67-58-56(62)57(70-71(63,64)65)55(61)53(49-59)69-58)50-66-48-46-44-42-40-38-36-34-32-30-22-20-18-16-14-12-10-8-6-4-2/h5,7,11,13,17,19,23-24,52-53,55-59,61-62H,3-4,6,8-10,12,14-16,18,20-22,25-51H2,1-2H3,(H,63,64,65)/b7-5-,13-11-,19-17-,24-23-. The molecule has 416 valence electrons. The number of hydrogen-bond donors (Lipinski definition) is 4. The summed E-state index contributed by atoms with van der Waals surface area (Å²) in [7, 11) is -5.07. The van der Waals surface area contributed by atoms with Crippen LogP contribution in [-0.4, -0.2) is 97.5 Å². The summed E-state index contributed by atoms with van der Waals surface area (Å²) in [5, 5.41) is 30.8. The largest absolute Gasteiger partial charge is 0.457 e. The highest BCUT2D eigenvalue weighted by Gasteiger charge is 2.48. The molecule has 0 aromatic rings. The number of carbonyl (C=O) groups excluding carboxylic acids is 1. The summed E-state index contributed by atoms with van der Waals surface area (Å²) in [5.41, 5.74) is 0. The number of unbranched alkanes of at least 4 members (excludes halogenated alkanes) is 30. The maximum Gasteiger partial charge on any atom is 0.397 e. The summed E-state index contributed by atoms with van der Waals surface area (Å²) < 4.78 is 59.4. The second kappa shape index (κ2) is 49.0. The van der Waals surface area contributed by atoms with Gasteiger partial charge in [0.15, 0.2) is 6.29 Å². The van der Waals surface area contributed by atoms with E-state index in [1.807, 2.05) is 0 Å². The maximum atomic E-state index is 13.0. The quantitative estimate of drug-likeness (QED) is 0.0196. The molecule has 71 heavy (non-hydrogen) atoms. The fourth-order valence-electron chi connectivity index (χ4n) is 8.90. The zero-order valence-electron chi connectivity index (χ0n) is 45.0. The topological polar surface area (TPSA) is 178 Å². The lowest BCUT2D eigenvalue weighted by molar-refractivity contribution is -0.301. The minimum atomic E-state index is -5.07. The molecule has 4 N–H and O–H groups in total. The average Bonchev–Trinajstić information content (AvgIpc) is 3.35. The lowest BCUT2D eigenvalue weighted by Crippen LogP contribution is -2.60. The molecule has 0 aromatic heterocycles. The van der Waals surface area contributed by atoms with Gasteiger partial charge >= 0.3 is 16.4 Å². The Kier molecular flexibility index (Phi) is 46.3. The predicted octanol–water partition coefficient (Wildman–Crippen LogP) is 14.3. The second-order valence-electron chi connectivity index (χ2n) is 19.9. The normalized spacial score (nSPS) is 19.3. The highest BCUT2D eigenvalue weighted by molar-refractivity contribution is 7.80. The predicted molar refractivity (Wildman–Crippen MR) is 290 cm³/mol. The molecule has 0 aromatic carbocycles. The first-order valence-corrected chi connectivity index (χ1v) is 30.3. The Morgan fingerprint density at radius 3 is 1.42 bits per heavy atom. The van der Waals surface area contributed by atoms with Gasteiger partial charge in [-0.1, -0.05) is 242 Å². The molecular weight excluding hydrogens is 921 g/mol. The van der Waals surface area contributed by atoms with Crippen LogP contribution in [0.4, 0.5) is 0 Å². The number of carbonyl (C=O) groups is 1. The van der Waals surface area contributed by atoms with Gasteiger partial charge in [-0.15, -0.1) is 0 Å². The van der Waals surface area contributed by atoms with Crippen LogP contribution in [0.25, 0.3) is 0 Å². The van der Waals surface area contributed by atoms with Crippen LogP contribution in [0, 0.1) is 0 Å². The maximum absolute atomic E-state index is 13.0. The Labute approximate surface area is 434 Å². The Balaban J connectivity index is 2.28. The molecule has 6 atom stereocenters. The van der Waals surface area contributed by atoms with E-state index in [4.69, 9.17) is 18.9 Å². The summed E-state index contributed by atoms with van der Waals surface area (Å²) in [6.45, 7) is 3.93. The van der Waals surface area contributed by atoms with Crippen molar-refractivity contribution in [2.24, 2.45) is 0 Å². The minimum Gasteiger partial charge on any atom is -0.457 e. The molecule has 1 aliphatic rings. The first-order chi connectivity index (χ1) is 34.6. The third kappa shape index (κ3) is 42.0. The Morgan fingerprint density at radius 2 is 0.972 bits per heavy atom. The molecular formula is C58H106O12S. The van der Waals surface area contributed by atoms with Crippen LogP contribution in [0.3, 0.4) is 0 Å². The van der Waals surface area contributed by atoms with Crippen LogP contribution >= 0.6 is 0 Å². The minimum absolute atomic E-state index is 0.0383. The van der Waals surface area contributed by atoms with E-state index in [0.717, 1.165) is 64.2 Å². The van der Waals surface area contributed by atoms with Crippen molar-refractivity contribution < 1.29 is 56.2 Å². The van der Waals surface area contributed by atoms with Gasteiger partial charge in [0.25, 0.3) is 0 Å². The third-order valence-corrected chi connectivity index (χ3v) is 13.7. The molecule has 6 unspecified atom stereocenters. The molecule has 0 radical (unpaired) electrons. The second-order valence-corrected chi connectivity index (χ2v) is 20.9. The van der Waals surface area contributed by atoms with E-state index in [0.29, 0.717) is 13.0 Å². The molecule has 0 aliphatic carbocycles. The van der Waals surface area contributed by atoms with Crippen molar-refractivity contribution in [2.75, 3.05) is 26.4 Å². The molecule has 1 aliphatic heterocycles. The van der Waals surface area contributed by atoms with Crippen molar-refractivity contribution in [2.45, 2.75) is 288 Å². The fraction of sp³-hybridized carbons (Fsp3) is 0.845. The van der Waals surface area contributed by atoms with Gasteiger partial charge in [-0.2, -0.15) is 8.42 Å². The smallest absolute Gasteiger partial charge is 0.397 e. The van der Waals surface area contributed by atoms with Crippen LogP contribution in [0.5, 0.6) is 0 Å². The number of esters is 1. The zero-order valence-corrected chi connectivity index (χ0v) is 45.9. The van der Waals surface area contributed by atoms with Crippen molar-refractivity contribution in [1.29, 1.82) is 0 Å². The van der Waals surface area contributed by atoms with Crippen molar-refractivity contribution in [3.05, 3.63) is 48.6 Å². The van der Waals surface area contributed by atoms with Crippen molar-refractivity contribution in [1.82, 2.24) is 0 Å². The van der Waals surface area contributed by atoms with Gasteiger partial charge in [0.2, 0.25) is 0 Å². The van der Waals surface area contributed by atoms with Crippen molar-refractivity contribution in [3.8, 4) is 0 Å². The highest BCUT2D eigenvalue weighted by atomic mass is 32.3. The lowest BCUT2D eigenvalue weighted by Gasteiger charge is -2.41. The van der Waals surface area contributed by atoms with Gasteiger partial charge in [0.1, 0.15) is 30.5 Å². The number of ether oxygens (including phenoxy) is 4. The van der Waals surface area contributed by atoms with Crippen molar-refractivity contribution >= 4 is 16.4 Å². The van der Waals surface area contributed by atoms with Crippen LogP contribution in [0.1, 0.15) is 251 Å². The number of aliphatic hydroxyl groups is 3. The lowest BCUT2D eigenvalue weighted by atomic mass is 9.99. The molecule has 1 fully saturated rings. The van der Waals surface area contributed by atoms with Crippen LogP contribution in [0.2, 0.25) is 0 Å². The molecule has 1 saturated heterocycles. The molecule has 0 amide bonds. The summed E-state index contributed by atoms with van der Waals surface area (Å²) in [4.78, 5) is 13.0. The Hall–Kier alpha value is -1.94. The fourth-order valence-corrected chi connectivity index (χ4v) is 9.41. The highest BCUT2D eigenvalue weighted by Crippen LogP contribution is 2.26.